The number of benzene rings is 2. The lowest BCUT2D eigenvalue weighted by Gasteiger charge is -2.36. The Labute approximate surface area is 225 Å². The molecule has 2 aliphatic rings. The standard InChI is InChI=1S/C30H40O8/c1-5-16-33-28-26(34-18-23-12-8-6-9-13-23)27(35-19-24-14-10-7-11-15-24)30(38-28,21-32-22-31-4)17-25-20-36-29(2,3)37-25/h5-15,25-28H,1,16-22H2,2-4H3/t25?,26-,27-,28-,30-/m1/s1. The highest BCUT2D eigenvalue weighted by atomic mass is 16.8. The minimum Gasteiger partial charge on any atom is -0.368 e. The van der Waals surface area contributed by atoms with Crippen molar-refractivity contribution in [2.24, 2.45) is 0 Å². The summed E-state index contributed by atoms with van der Waals surface area (Å²) in [5, 5.41) is 0. The molecule has 2 saturated heterocycles. The second kappa shape index (κ2) is 13.8. The first-order chi connectivity index (χ1) is 18.4. The average Bonchev–Trinajstić information content (AvgIpc) is 3.41. The molecule has 8 heteroatoms. The molecule has 0 aliphatic carbocycles. The van der Waals surface area contributed by atoms with Crippen molar-refractivity contribution in [3.05, 3.63) is 84.4 Å². The van der Waals surface area contributed by atoms with Crippen molar-refractivity contribution < 1.29 is 37.9 Å². The highest BCUT2D eigenvalue weighted by Crippen LogP contribution is 2.42. The van der Waals surface area contributed by atoms with Gasteiger partial charge in [-0.25, -0.2) is 0 Å². The number of hydrogen-bond acceptors (Lipinski definition) is 8. The van der Waals surface area contributed by atoms with Crippen LogP contribution in [0.3, 0.4) is 0 Å². The first kappa shape index (κ1) is 28.9. The summed E-state index contributed by atoms with van der Waals surface area (Å²) in [6.45, 7) is 9.39. The average molecular weight is 529 g/mol. The molecule has 2 aromatic rings. The lowest BCUT2D eigenvalue weighted by atomic mass is 9.89. The van der Waals surface area contributed by atoms with E-state index >= 15 is 0 Å². The minimum atomic E-state index is -0.949. The highest BCUT2D eigenvalue weighted by molar-refractivity contribution is 5.15. The molecular formula is C30H40O8. The largest absolute Gasteiger partial charge is 0.368 e. The highest BCUT2D eigenvalue weighted by Gasteiger charge is 2.59. The van der Waals surface area contributed by atoms with Crippen LogP contribution in [-0.4, -0.2) is 69.7 Å². The number of rotatable bonds is 15. The van der Waals surface area contributed by atoms with Gasteiger partial charge in [-0.1, -0.05) is 66.7 Å². The molecule has 0 radical (unpaired) electrons. The van der Waals surface area contributed by atoms with E-state index in [1.807, 2.05) is 74.5 Å². The van der Waals surface area contributed by atoms with Gasteiger partial charge in [-0.2, -0.15) is 0 Å². The lowest BCUT2D eigenvalue weighted by molar-refractivity contribution is -0.223. The molecule has 1 unspecified atom stereocenters. The van der Waals surface area contributed by atoms with Gasteiger partial charge >= 0.3 is 0 Å². The maximum Gasteiger partial charge on any atom is 0.187 e. The van der Waals surface area contributed by atoms with Gasteiger partial charge in [0.05, 0.1) is 39.1 Å². The number of ether oxygens (including phenoxy) is 8. The summed E-state index contributed by atoms with van der Waals surface area (Å²) in [7, 11) is 1.59. The van der Waals surface area contributed by atoms with E-state index < -0.39 is 29.9 Å². The SMILES string of the molecule is C=CCO[C@@H]1O[C@@](COCOC)(CC2COC(C)(C)O2)[C@H](OCc2ccccc2)[C@H]1OCc1ccccc1. The summed E-state index contributed by atoms with van der Waals surface area (Å²) in [6.07, 6.45) is 0.130. The monoisotopic (exact) mass is 528 g/mol. The van der Waals surface area contributed by atoms with Crippen LogP contribution in [0.2, 0.25) is 0 Å². The summed E-state index contributed by atoms with van der Waals surface area (Å²) in [5.41, 5.74) is 1.13. The van der Waals surface area contributed by atoms with Crippen LogP contribution in [0, 0.1) is 0 Å². The van der Waals surface area contributed by atoms with Gasteiger partial charge in [0, 0.05) is 13.5 Å². The van der Waals surface area contributed by atoms with Crippen molar-refractivity contribution in [3.63, 3.8) is 0 Å². The Balaban J connectivity index is 1.64. The van der Waals surface area contributed by atoms with E-state index in [-0.39, 0.29) is 19.5 Å². The van der Waals surface area contributed by atoms with E-state index in [1.165, 1.54) is 0 Å². The van der Waals surface area contributed by atoms with Crippen molar-refractivity contribution in [2.75, 3.05) is 33.7 Å². The Kier molecular flexibility index (Phi) is 10.5. The molecule has 2 aliphatic heterocycles. The van der Waals surface area contributed by atoms with E-state index in [4.69, 9.17) is 37.9 Å². The Morgan fingerprint density at radius 2 is 1.58 bits per heavy atom. The molecule has 2 aromatic carbocycles. The third kappa shape index (κ3) is 7.71. The van der Waals surface area contributed by atoms with Gasteiger partial charge in [-0.3, -0.25) is 0 Å². The van der Waals surface area contributed by atoms with E-state index in [0.717, 1.165) is 11.1 Å². The molecule has 38 heavy (non-hydrogen) atoms. The fraction of sp³-hybridized carbons (Fsp3) is 0.533. The van der Waals surface area contributed by atoms with Crippen molar-refractivity contribution in [2.45, 2.75) is 69.5 Å². The van der Waals surface area contributed by atoms with Gasteiger partial charge in [0.2, 0.25) is 0 Å². The molecule has 0 saturated carbocycles. The summed E-state index contributed by atoms with van der Waals surface area (Å²) >= 11 is 0. The summed E-state index contributed by atoms with van der Waals surface area (Å²) < 4.78 is 49.1. The molecule has 0 aromatic heterocycles. The molecule has 5 atom stereocenters. The summed E-state index contributed by atoms with van der Waals surface area (Å²) in [5.74, 6) is -0.680. The zero-order chi connectivity index (χ0) is 26.8. The van der Waals surface area contributed by atoms with E-state index in [2.05, 4.69) is 6.58 Å². The van der Waals surface area contributed by atoms with E-state index in [1.54, 1.807) is 13.2 Å². The number of hydrogen-bond donors (Lipinski definition) is 0. The van der Waals surface area contributed by atoms with Crippen LogP contribution >= 0.6 is 0 Å². The van der Waals surface area contributed by atoms with Crippen molar-refractivity contribution >= 4 is 0 Å². The van der Waals surface area contributed by atoms with Gasteiger partial charge in [0.25, 0.3) is 0 Å². The van der Waals surface area contributed by atoms with Crippen molar-refractivity contribution in [1.29, 1.82) is 0 Å². The van der Waals surface area contributed by atoms with Crippen molar-refractivity contribution in [3.8, 4) is 0 Å². The molecule has 0 bridgehead atoms. The van der Waals surface area contributed by atoms with E-state index in [0.29, 0.717) is 32.8 Å². The van der Waals surface area contributed by atoms with Crippen LogP contribution in [-0.2, 0) is 51.1 Å². The van der Waals surface area contributed by atoms with Crippen LogP contribution in [0.1, 0.15) is 31.4 Å². The molecule has 0 amide bonds. The molecule has 2 fully saturated rings. The molecular weight excluding hydrogens is 488 g/mol. The first-order valence-corrected chi connectivity index (χ1v) is 13.0. The smallest absolute Gasteiger partial charge is 0.187 e. The summed E-state index contributed by atoms with van der Waals surface area (Å²) in [6, 6.07) is 20.0. The zero-order valence-corrected chi connectivity index (χ0v) is 22.6. The molecule has 2 heterocycles. The number of methoxy groups -OCH3 is 1. The quantitative estimate of drug-likeness (QED) is 0.188. The molecule has 208 valence electrons. The predicted octanol–water partition coefficient (Wildman–Crippen LogP) is 4.62. The molecule has 0 N–H and O–H groups in total. The van der Waals surface area contributed by atoms with Crippen LogP contribution in [0.25, 0.3) is 0 Å². The van der Waals surface area contributed by atoms with Gasteiger partial charge in [-0.15, -0.1) is 6.58 Å². The van der Waals surface area contributed by atoms with Crippen LogP contribution in [0.5, 0.6) is 0 Å². The molecule has 4 rings (SSSR count). The normalized spacial score (nSPS) is 28.5. The minimum absolute atomic E-state index is 0.109. The second-order valence-electron chi connectivity index (χ2n) is 10.1. The summed E-state index contributed by atoms with van der Waals surface area (Å²) in [4.78, 5) is 0. The van der Waals surface area contributed by atoms with E-state index in [9.17, 15) is 0 Å². The Morgan fingerprint density at radius 3 is 2.16 bits per heavy atom. The Morgan fingerprint density at radius 1 is 0.921 bits per heavy atom. The van der Waals surface area contributed by atoms with Crippen molar-refractivity contribution in [1.82, 2.24) is 0 Å². The Bertz CT molecular complexity index is 969. The maximum atomic E-state index is 6.69. The second-order valence-corrected chi connectivity index (χ2v) is 10.1. The van der Waals surface area contributed by atoms with Gasteiger partial charge in [0.15, 0.2) is 12.1 Å². The Hall–Kier alpha value is -2.14. The fourth-order valence-electron chi connectivity index (χ4n) is 4.93. The van der Waals surface area contributed by atoms with Crippen LogP contribution < -0.4 is 0 Å². The van der Waals surface area contributed by atoms with Gasteiger partial charge in [-0.05, 0) is 25.0 Å². The fourth-order valence-corrected chi connectivity index (χ4v) is 4.93. The topological polar surface area (TPSA) is 73.8 Å². The predicted molar refractivity (Wildman–Crippen MR) is 141 cm³/mol. The first-order valence-electron chi connectivity index (χ1n) is 13.0. The third-order valence-electron chi connectivity index (χ3n) is 6.56. The lowest BCUT2D eigenvalue weighted by Crippen LogP contribution is -2.51. The van der Waals surface area contributed by atoms with Crippen LogP contribution in [0.4, 0.5) is 0 Å². The molecule has 8 nitrogen and oxygen atoms in total. The molecule has 0 spiro atoms. The zero-order valence-electron chi connectivity index (χ0n) is 22.6. The third-order valence-corrected chi connectivity index (χ3v) is 6.56. The van der Waals surface area contributed by atoms with Gasteiger partial charge < -0.3 is 37.9 Å². The maximum absolute atomic E-state index is 6.69. The van der Waals surface area contributed by atoms with Gasteiger partial charge in [0.1, 0.15) is 24.6 Å². The van der Waals surface area contributed by atoms with Crippen LogP contribution in [0.15, 0.2) is 73.3 Å².